The number of piperazine rings is 1. The van der Waals surface area contributed by atoms with Gasteiger partial charge in [0.15, 0.2) is 0 Å². The van der Waals surface area contributed by atoms with Crippen LogP contribution < -0.4 is 9.64 Å². The molecule has 2 aromatic carbocycles. The number of ether oxygens (including phenoxy) is 1. The van der Waals surface area contributed by atoms with Gasteiger partial charge in [0.25, 0.3) is 0 Å². The Morgan fingerprint density at radius 3 is 2.30 bits per heavy atom. The summed E-state index contributed by atoms with van der Waals surface area (Å²) in [5, 5.41) is 0. The lowest BCUT2D eigenvalue weighted by Crippen LogP contribution is -2.47. The van der Waals surface area contributed by atoms with E-state index in [0.29, 0.717) is 0 Å². The van der Waals surface area contributed by atoms with Gasteiger partial charge in [0, 0.05) is 38.4 Å². The Labute approximate surface area is 139 Å². The molecule has 2 aromatic rings. The summed E-state index contributed by atoms with van der Waals surface area (Å²) < 4.78 is 5.77. The van der Waals surface area contributed by atoms with E-state index in [1.54, 1.807) is 0 Å². The SMILES string of the molecule is Cc1ccccc1N1CCN(CCCOc2ccccc2)CC1. The maximum absolute atomic E-state index is 5.77. The van der Waals surface area contributed by atoms with Gasteiger partial charge in [0.1, 0.15) is 5.75 Å². The zero-order chi connectivity index (χ0) is 15.9. The van der Waals surface area contributed by atoms with Gasteiger partial charge in [-0.1, -0.05) is 36.4 Å². The summed E-state index contributed by atoms with van der Waals surface area (Å²) >= 11 is 0. The van der Waals surface area contributed by atoms with Crippen molar-refractivity contribution in [2.24, 2.45) is 0 Å². The second-order valence-corrected chi connectivity index (χ2v) is 6.13. The summed E-state index contributed by atoms with van der Waals surface area (Å²) in [5.41, 5.74) is 2.76. The van der Waals surface area contributed by atoms with E-state index in [4.69, 9.17) is 4.74 Å². The molecule has 1 heterocycles. The van der Waals surface area contributed by atoms with E-state index in [0.717, 1.165) is 51.5 Å². The summed E-state index contributed by atoms with van der Waals surface area (Å²) in [6.45, 7) is 8.62. The zero-order valence-electron chi connectivity index (χ0n) is 13.9. The smallest absolute Gasteiger partial charge is 0.119 e. The highest BCUT2D eigenvalue weighted by molar-refractivity contribution is 5.53. The molecule has 1 saturated heterocycles. The average Bonchev–Trinajstić information content (AvgIpc) is 2.61. The predicted octanol–water partition coefficient (Wildman–Crippen LogP) is 3.59. The van der Waals surface area contributed by atoms with E-state index >= 15 is 0 Å². The minimum atomic E-state index is 0.794. The van der Waals surface area contributed by atoms with Gasteiger partial charge in [0.05, 0.1) is 6.61 Å². The van der Waals surface area contributed by atoms with E-state index in [9.17, 15) is 0 Å². The van der Waals surface area contributed by atoms with Crippen LogP contribution in [0.1, 0.15) is 12.0 Å². The molecule has 3 nitrogen and oxygen atoms in total. The lowest BCUT2D eigenvalue weighted by Gasteiger charge is -2.36. The van der Waals surface area contributed by atoms with Crippen LogP contribution in [0.25, 0.3) is 0 Å². The molecule has 1 aliphatic rings. The second kappa shape index (κ2) is 8.02. The van der Waals surface area contributed by atoms with E-state index < -0.39 is 0 Å². The van der Waals surface area contributed by atoms with Crippen molar-refractivity contribution in [3.63, 3.8) is 0 Å². The Hall–Kier alpha value is -2.00. The van der Waals surface area contributed by atoms with E-state index in [1.807, 2.05) is 30.3 Å². The van der Waals surface area contributed by atoms with Crippen molar-refractivity contribution in [2.45, 2.75) is 13.3 Å². The quantitative estimate of drug-likeness (QED) is 0.758. The molecule has 3 rings (SSSR count). The molecule has 23 heavy (non-hydrogen) atoms. The van der Waals surface area contributed by atoms with Crippen LogP contribution in [-0.2, 0) is 0 Å². The normalized spacial score (nSPS) is 15.6. The van der Waals surface area contributed by atoms with Crippen molar-refractivity contribution in [2.75, 3.05) is 44.2 Å². The van der Waals surface area contributed by atoms with Gasteiger partial charge in [-0.25, -0.2) is 0 Å². The fourth-order valence-electron chi connectivity index (χ4n) is 3.13. The largest absolute Gasteiger partial charge is 0.494 e. The number of nitrogens with zero attached hydrogens (tertiary/aromatic N) is 2. The maximum atomic E-state index is 5.77. The molecule has 0 bridgehead atoms. The van der Waals surface area contributed by atoms with Crippen molar-refractivity contribution in [1.82, 2.24) is 4.90 Å². The highest BCUT2D eigenvalue weighted by Gasteiger charge is 2.17. The Morgan fingerprint density at radius 1 is 0.870 bits per heavy atom. The molecular formula is C20H26N2O. The number of anilines is 1. The number of hydrogen-bond acceptors (Lipinski definition) is 3. The predicted molar refractivity (Wildman–Crippen MR) is 96.4 cm³/mol. The lowest BCUT2D eigenvalue weighted by atomic mass is 10.1. The molecule has 122 valence electrons. The van der Waals surface area contributed by atoms with Gasteiger partial charge < -0.3 is 9.64 Å². The number of para-hydroxylation sites is 2. The first-order valence-corrected chi connectivity index (χ1v) is 8.54. The highest BCUT2D eigenvalue weighted by atomic mass is 16.5. The van der Waals surface area contributed by atoms with Crippen LogP contribution in [0.2, 0.25) is 0 Å². The first kappa shape index (κ1) is 15.9. The molecule has 0 N–H and O–H groups in total. The Kier molecular flexibility index (Phi) is 5.54. The van der Waals surface area contributed by atoms with E-state index in [-0.39, 0.29) is 0 Å². The molecule has 0 aliphatic carbocycles. The molecule has 0 saturated carbocycles. The van der Waals surface area contributed by atoms with Gasteiger partial charge >= 0.3 is 0 Å². The second-order valence-electron chi connectivity index (χ2n) is 6.13. The maximum Gasteiger partial charge on any atom is 0.119 e. The summed E-state index contributed by atoms with van der Waals surface area (Å²) in [7, 11) is 0. The van der Waals surface area contributed by atoms with Crippen molar-refractivity contribution < 1.29 is 4.74 Å². The topological polar surface area (TPSA) is 15.7 Å². The van der Waals surface area contributed by atoms with Crippen LogP contribution in [0.4, 0.5) is 5.69 Å². The third kappa shape index (κ3) is 4.49. The lowest BCUT2D eigenvalue weighted by molar-refractivity contribution is 0.224. The first-order valence-electron chi connectivity index (χ1n) is 8.54. The van der Waals surface area contributed by atoms with Gasteiger partial charge in [-0.2, -0.15) is 0 Å². The molecule has 0 aromatic heterocycles. The van der Waals surface area contributed by atoms with Crippen molar-refractivity contribution >= 4 is 5.69 Å². The van der Waals surface area contributed by atoms with Crippen molar-refractivity contribution in [3.05, 3.63) is 60.2 Å². The van der Waals surface area contributed by atoms with Crippen LogP contribution >= 0.6 is 0 Å². The molecular weight excluding hydrogens is 284 g/mol. The van der Waals surface area contributed by atoms with Crippen LogP contribution in [0.5, 0.6) is 5.75 Å². The van der Waals surface area contributed by atoms with Crippen molar-refractivity contribution in [3.8, 4) is 5.75 Å². The molecule has 0 radical (unpaired) electrons. The minimum Gasteiger partial charge on any atom is -0.494 e. The number of rotatable bonds is 6. The molecule has 1 aliphatic heterocycles. The number of hydrogen-bond donors (Lipinski definition) is 0. The van der Waals surface area contributed by atoms with Crippen LogP contribution in [0, 0.1) is 6.92 Å². The summed E-state index contributed by atoms with van der Waals surface area (Å²) in [4.78, 5) is 5.05. The van der Waals surface area contributed by atoms with E-state index in [1.165, 1.54) is 11.3 Å². The average molecular weight is 310 g/mol. The van der Waals surface area contributed by atoms with Gasteiger partial charge in [0.2, 0.25) is 0 Å². The molecule has 0 spiro atoms. The zero-order valence-corrected chi connectivity index (χ0v) is 13.9. The van der Waals surface area contributed by atoms with Gasteiger partial charge in [-0.15, -0.1) is 0 Å². The van der Waals surface area contributed by atoms with Crippen LogP contribution in [-0.4, -0.2) is 44.2 Å². The fourth-order valence-corrected chi connectivity index (χ4v) is 3.13. The summed E-state index contributed by atoms with van der Waals surface area (Å²) in [6.07, 6.45) is 1.08. The number of aryl methyl sites for hydroxylation is 1. The van der Waals surface area contributed by atoms with Crippen molar-refractivity contribution in [1.29, 1.82) is 0 Å². The minimum absolute atomic E-state index is 0.794. The first-order chi connectivity index (χ1) is 11.3. The molecule has 3 heteroatoms. The highest BCUT2D eigenvalue weighted by Crippen LogP contribution is 2.20. The Morgan fingerprint density at radius 2 is 1.57 bits per heavy atom. The standard InChI is InChI=1S/C20H26N2O/c1-18-8-5-6-11-20(18)22-15-13-21(14-16-22)12-7-17-23-19-9-3-2-4-10-19/h2-6,8-11H,7,12-17H2,1H3. The van der Waals surface area contributed by atoms with Gasteiger partial charge in [-0.3, -0.25) is 4.90 Å². The molecule has 0 unspecified atom stereocenters. The fraction of sp³-hybridized carbons (Fsp3) is 0.400. The number of benzene rings is 2. The Balaban J connectivity index is 1.37. The van der Waals surface area contributed by atoms with Crippen LogP contribution in [0.3, 0.4) is 0 Å². The Bertz CT molecular complexity index is 592. The van der Waals surface area contributed by atoms with Crippen LogP contribution in [0.15, 0.2) is 54.6 Å². The monoisotopic (exact) mass is 310 g/mol. The summed E-state index contributed by atoms with van der Waals surface area (Å²) in [6, 6.07) is 18.8. The van der Waals surface area contributed by atoms with E-state index in [2.05, 4.69) is 41.0 Å². The molecule has 0 atom stereocenters. The summed E-state index contributed by atoms with van der Waals surface area (Å²) in [5.74, 6) is 0.969. The third-order valence-electron chi connectivity index (χ3n) is 4.46. The molecule has 0 amide bonds. The van der Waals surface area contributed by atoms with Gasteiger partial charge in [-0.05, 0) is 37.1 Å². The molecule has 1 fully saturated rings. The third-order valence-corrected chi connectivity index (χ3v) is 4.46.